The summed E-state index contributed by atoms with van der Waals surface area (Å²) in [5, 5.41) is 0.678. The molecule has 6 heteroatoms. The number of aromatic amines is 1. The summed E-state index contributed by atoms with van der Waals surface area (Å²) in [6.07, 6.45) is 0. The van der Waals surface area contributed by atoms with Gasteiger partial charge in [0.15, 0.2) is 11.5 Å². The molecule has 0 spiro atoms. The first kappa shape index (κ1) is 16.5. The van der Waals surface area contributed by atoms with Crippen molar-refractivity contribution in [2.24, 2.45) is 0 Å². The molecule has 1 N–H and O–H groups in total. The summed E-state index contributed by atoms with van der Waals surface area (Å²) in [6.45, 7) is 8.91. The topological polar surface area (TPSA) is 64.2 Å². The second kappa shape index (κ2) is 6.65. The zero-order chi connectivity index (χ0) is 17.3. The summed E-state index contributed by atoms with van der Waals surface area (Å²) in [7, 11) is 0. The summed E-state index contributed by atoms with van der Waals surface area (Å²) in [6, 6.07) is 5.58. The van der Waals surface area contributed by atoms with Crippen LogP contribution in [0.15, 0.2) is 23.0 Å². The first-order valence-corrected chi connectivity index (χ1v) is 8.76. The van der Waals surface area contributed by atoms with Crippen LogP contribution in [0.4, 0.5) is 0 Å². The highest BCUT2D eigenvalue weighted by atomic mass is 32.1. The van der Waals surface area contributed by atoms with Gasteiger partial charge in [0.2, 0.25) is 0 Å². The van der Waals surface area contributed by atoms with Crippen LogP contribution >= 0.6 is 11.3 Å². The van der Waals surface area contributed by atoms with Crippen LogP contribution in [-0.4, -0.2) is 23.2 Å². The molecule has 1 aromatic carbocycles. The van der Waals surface area contributed by atoms with Crippen molar-refractivity contribution in [1.82, 2.24) is 9.97 Å². The first-order chi connectivity index (χ1) is 11.5. The Bertz CT molecular complexity index is 943. The lowest BCUT2D eigenvalue weighted by molar-refractivity contribution is 0.288. The summed E-state index contributed by atoms with van der Waals surface area (Å²) in [5.74, 6) is 1.88. The Morgan fingerprint density at radius 1 is 1.12 bits per heavy atom. The van der Waals surface area contributed by atoms with Gasteiger partial charge in [-0.05, 0) is 51.5 Å². The molecule has 2 heterocycles. The van der Waals surface area contributed by atoms with E-state index in [0.29, 0.717) is 35.9 Å². The highest BCUT2D eigenvalue weighted by Crippen LogP contribution is 2.33. The van der Waals surface area contributed by atoms with Crippen molar-refractivity contribution < 1.29 is 9.47 Å². The number of fused-ring (bicyclic) bond motifs is 1. The van der Waals surface area contributed by atoms with Gasteiger partial charge in [0.05, 0.1) is 18.6 Å². The summed E-state index contributed by atoms with van der Waals surface area (Å²) in [4.78, 5) is 21.8. The Kier molecular flexibility index (Phi) is 4.57. The van der Waals surface area contributed by atoms with Gasteiger partial charge in [-0.3, -0.25) is 4.79 Å². The fourth-order valence-corrected chi connectivity index (χ4v) is 3.62. The molecule has 0 saturated carbocycles. The van der Waals surface area contributed by atoms with E-state index in [9.17, 15) is 4.79 Å². The molecule has 0 unspecified atom stereocenters. The van der Waals surface area contributed by atoms with Crippen molar-refractivity contribution in [2.75, 3.05) is 13.2 Å². The lowest BCUT2D eigenvalue weighted by Crippen LogP contribution is -2.09. The fraction of sp³-hybridized carbons (Fsp3) is 0.333. The molecule has 0 aliphatic rings. The first-order valence-electron chi connectivity index (χ1n) is 7.95. The Labute approximate surface area is 144 Å². The molecule has 0 aliphatic heterocycles. The van der Waals surface area contributed by atoms with Crippen LogP contribution in [0.5, 0.6) is 11.5 Å². The highest BCUT2D eigenvalue weighted by molar-refractivity contribution is 7.18. The van der Waals surface area contributed by atoms with Crippen LogP contribution in [0.2, 0.25) is 0 Å². The number of thiophene rings is 1. The number of aryl methyl sites for hydroxylation is 2. The molecule has 3 rings (SSSR count). The quantitative estimate of drug-likeness (QED) is 0.758. The van der Waals surface area contributed by atoms with E-state index in [4.69, 9.17) is 9.47 Å². The van der Waals surface area contributed by atoms with Crippen LogP contribution in [-0.2, 0) is 0 Å². The number of hydrogen-bond acceptors (Lipinski definition) is 5. The normalized spacial score (nSPS) is 11.0. The Balaban J connectivity index is 2.13. The van der Waals surface area contributed by atoms with Gasteiger partial charge in [-0.1, -0.05) is 0 Å². The predicted molar refractivity (Wildman–Crippen MR) is 97.5 cm³/mol. The molecule has 0 aliphatic carbocycles. The van der Waals surface area contributed by atoms with Crippen molar-refractivity contribution in [3.05, 3.63) is 39.0 Å². The van der Waals surface area contributed by atoms with Crippen LogP contribution < -0.4 is 15.0 Å². The zero-order valence-corrected chi connectivity index (χ0v) is 15.0. The van der Waals surface area contributed by atoms with Gasteiger partial charge >= 0.3 is 0 Å². The van der Waals surface area contributed by atoms with Gasteiger partial charge in [0.25, 0.3) is 5.56 Å². The maximum absolute atomic E-state index is 12.4. The number of hydrogen-bond donors (Lipinski definition) is 1. The molecule has 0 bridgehead atoms. The number of H-pyrrole nitrogens is 1. The smallest absolute Gasteiger partial charge is 0.260 e. The van der Waals surface area contributed by atoms with Gasteiger partial charge in [-0.15, -0.1) is 11.3 Å². The molecular formula is C18H20N2O3S. The van der Waals surface area contributed by atoms with E-state index in [2.05, 4.69) is 9.97 Å². The number of ether oxygens (including phenoxy) is 2. The second-order valence-corrected chi connectivity index (χ2v) is 6.61. The predicted octanol–water partition coefficient (Wildman–Crippen LogP) is 4.07. The van der Waals surface area contributed by atoms with E-state index in [1.807, 2.05) is 45.9 Å². The van der Waals surface area contributed by atoms with Crippen molar-refractivity contribution in [3.63, 3.8) is 0 Å². The molecule has 0 fully saturated rings. The van der Waals surface area contributed by atoms with Gasteiger partial charge < -0.3 is 14.5 Å². The van der Waals surface area contributed by atoms with E-state index >= 15 is 0 Å². The zero-order valence-electron chi connectivity index (χ0n) is 14.2. The highest BCUT2D eigenvalue weighted by Gasteiger charge is 2.14. The molecule has 0 radical (unpaired) electrons. The average Bonchev–Trinajstić information content (AvgIpc) is 2.84. The minimum atomic E-state index is -0.108. The van der Waals surface area contributed by atoms with E-state index in [1.54, 1.807) is 11.3 Å². The summed E-state index contributed by atoms with van der Waals surface area (Å²) < 4.78 is 11.2. The third-order valence-corrected chi connectivity index (χ3v) is 4.96. The van der Waals surface area contributed by atoms with E-state index in [0.717, 1.165) is 20.8 Å². The van der Waals surface area contributed by atoms with Crippen molar-refractivity contribution in [3.8, 4) is 22.9 Å². The lowest BCUT2D eigenvalue weighted by Gasteiger charge is -2.12. The van der Waals surface area contributed by atoms with Crippen molar-refractivity contribution in [2.45, 2.75) is 27.7 Å². The van der Waals surface area contributed by atoms with Gasteiger partial charge in [-0.25, -0.2) is 4.98 Å². The minimum Gasteiger partial charge on any atom is -0.490 e. The van der Waals surface area contributed by atoms with Crippen LogP contribution in [0.25, 0.3) is 21.6 Å². The Morgan fingerprint density at radius 2 is 1.83 bits per heavy atom. The molecule has 0 saturated heterocycles. The minimum absolute atomic E-state index is 0.108. The number of benzene rings is 1. The summed E-state index contributed by atoms with van der Waals surface area (Å²) >= 11 is 1.54. The third-order valence-electron chi connectivity index (χ3n) is 3.86. The summed E-state index contributed by atoms with van der Waals surface area (Å²) in [5.41, 5.74) is 1.69. The van der Waals surface area contributed by atoms with E-state index in [-0.39, 0.29) is 5.56 Å². The largest absolute Gasteiger partial charge is 0.490 e. The molecular weight excluding hydrogens is 324 g/mol. The number of rotatable bonds is 5. The van der Waals surface area contributed by atoms with Crippen LogP contribution in [0.3, 0.4) is 0 Å². The standard InChI is InChI=1S/C18H20N2O3S/c1-5-22-13-8-7-12(9-14(13)23-6-2)16-19-17(21)15-10(3)11(4)24-18(15)20-16/h7-9H,5-6H2,1-4H3,(H,19,20,21). The van der Waals surface area contributed by atoms with E-state index < -0.39 is 0 Å². The van der Waals surface area contributed by atoms with Crippen molar-refractivity contribution in [1.29, 1.82) is 0 Å². The maximum atomic E-state index is 12.4. The molecule has 5 nitrogen and oxygen atoms in total. The molecule has 0 atom stereocenters. The monoisotopic (exact) mass is 344 g/mol. The van der Waals surface area contributed by atoms with Gasteiger partial charge in [-0.2, -0.15) is 0 Å². The van der Waals surface area contributed by atoms with E-state index in [1.165, 1.54) is 0 Å². The Morgan fingerprint density at radius 3 is 2.54 bits per heavy atom. The fourth-order valence-electron chi connectivity index (χ4n) is 2.59. The molecule has 24 heavy (non-hydrogen) atoms. The lowest BCUT2D eigenvalue weighted by atomic mass is 10.1. The number of aromatic nitrogens is 2. The molecule has 126 valence electrons. The van der Waals surface area contributed by atoms with Gasteiger partial charge in [0, 0.05) is 10.4 Å². The second-order valence-electron chi connectivity index (χ2n) is 5.41. The van der Waals surface area contributed by atoms with Crippen LogP contribution in [0, 0.1) is 13.8 Å². The Hall–Kier alpha value is -2.34. The van der Waals surface area contributed by atoms with Crippen molar-refractivity contribution >= 4 is 21.6 Å². The number of nitrogens with one attached hydrogen (secondary N) is 1. The molecule has 3 aromatic rings. The van der Waals surface area contributed by atoms with Crippen LogP contribution in [0.1, 0.15) is 24.3 Å². The third kappa shape index (κ3) is 2.89. The SMILES string of the molecule is CCOc1ccc(-c2nc3sc(C)c(C)c3c(=O)[nH]2)cc1OCC. The number of nitrogens with zero attached hydrogens (tertiary/aromatic N) is 1. The molecule has 0 amide bonds. The average molecular weight is 344 g/mol. The molecule has 2 aromatic heterocycles. The maximum Gasteiger partial charge on any atom is 0.260 e. The van der Waals surface area contributed by atoms with Gasteiger partial charge in [0.1, 0.15) is 10.7 Å².